The smallest absolute Gasteiger partial charge is 0.406 e. The average Bonchev–Trinajstić information content (AvgIpc) is 3.56. The van der Waals surface area contributed by atoms with Crippen LogP contribution in [-0.2, 0) is 24.1 Å². The van der Waals surface area contributed by atoms with Crippen LogP contribution in [0.2, 0.25) is 0 Å². The number of pyridine rings is 1. The molecule has 0 amide bonds. The molecular weight excluding hydrogens is 503 g/mol. The maximum Gasteiger partial charge on any atom is 0.573 e. The molecule has 1 atom stereocenters. The van der Waals surface area contributed by atoms with Crippen molar-refractivity contribution in [2.24, 2.45) is 0 Å². The number of halogens is 3. The van der Waals surface area contributed by atoms with Gasteiger partial charge < -0.3 is 19.4 Å². The van der Waals surface area contributed by atoms with E-state index in [0.717, 1.165) is 54.9 Å². The zero-order valence-electron chi connectivity index (χ0n) is 20.8. The van der Waals surface area contributed by atoms with Crippen LogP contribution in [0.1, 0.15) is 24.0 Å². The van der Waals surface area contributed by atoms with Gasteiger partial charge in [0.25, 0.3) is 11.1 Å². The third kappa shape index (κ3) is 5.60. The Kier molecular flexibility index (Phi) is 7.26. The fourth-order valence-electron chi connectivity index (χ4n) is 5.02. The third-order valence-corrected chi connectivity index (χ3v) is 6.96. The Hall–Kier alpha value is -3.64. The zero-order valence-corrected chi connectivity index (χ0v) is 20.8. The number of benzene rings is 1. The molecule has 0 saturated carbocycles. The maximum absolute atomic E-state index is 13.2. The summed E-state index contributed by atoms with van der Waals surface area (Å²) < 4.78 is 49.7. The number of anilines is 2. The van der Waals surface area contributed by atoms with Crippen LogP contribution in [0.3, 0.4) is 0 Å². The van der Waals surface area contributed by atoms with Crippen LogP contribution < -0.4 is 21.2 Å². The van der Waals surface area contributed by atoms with Crippen molar-refractivity contribution in [3.8, 4) is 11.4 Å². The molecule has 0 radical (unpaired) electrons. The van der Waals surface area contributed by atoms with Gasteiger partial charge in [0.05, 0.1) is 11.8 Å². The highest BCUT2D eigenvalue weighted by Gasteiger charge is 2.31. The van der Waals surface area contributed by atoms with Gasteiger partial charge in [-0.25, -0.2) is 0 Å². The molecule has 202 valence electrons. The van der Waals surface area contributed by atoms with Gasteiger partial charge in [-0.1, -0.05) is 0 Å². The van der Waals surface area contributed by atoms with Crippen LogP contribution in [0.15, 0.2) is 52.2 Å². The normalized spacial score (nSPS) is 17.5. The lowest BCUT2D eigenvalue weighted by Gasteiger charge is -2.17. The van der Waals surface area contributed by atoms with Crippen molar-refractivity contribution in [1.82, 2.24) is 19.2 Å². The summed E-state index contributed by atoms with van der Waals surface area (Å²) in [6.07, 6.45) is 0.0640. The molecule has 1 aliphatic heterocycles. The number of aromatic nitrogens is 3. The summed E-state index contributed by atoms with van der Waals surface area (Å²) in [6.45, 7) is 2.99. The van der Waals surface area contributed by atoms with Crippen molar-refractivity contribution >= 4 is 11.5 Å². The number of hydrogen-bond donors (Lipinski definition) is 1. The fourth-order valence-corrected chi connectivity index (χ4v) is 5.02. The molecule has 2 aromatic heterocycles. The van der Waals surface area contributed by atoms with E-state index < -0.39 is 12.1 Å². The second-order valence-corrected chi connectivity index (χ2v) is 9.41. The van der Waals surface area contributed by atoms with E-state index in [4.69, 9.17) is 4.74 Å². The molecule has 3 aromatic rings. The van der Waals surface area contributed by atoms with Crippen molar-refractivity contribution in [1.29, 1.82) is 0 Å². The molecule has 1 unspecified atom stereocenters. The number of ether oxygens (including phenoxy) is 2. The summed E-state index contributed by atoms with van der Waals surface area (Å²) in [5.41, 5.74) is 1.39. The molecule has 0 bridgehead atoms. The van der Waals surface area contributed by atoms with Gasteiger partial charge >= 0.3 is 6.36 Å². The molecule has 1 aliphatic carbocycles. The molecule has 1 N–H and O–H groups in total. The Morgan fingerprint density at radius 3 is 2.53 bits per heavy atom. The first kappa shape index (κ1) is 26.0. The molecule has 1 saturated heterocycles. The minimum absolute atomic E-state index is 0.213. The minimum atomic E-state index is -4.81. The van der Waals surface area contributed by atoms with Crippen molar-refractivity contribution in [2.75, 3.05) is 32.1 Å². The Bertz CT molecular complexity index is 1420. The highest BCUT2D eigenvalue weighted by Crippen LogP contribution is 2.28. The topological polar surface area (TPSA) is 90.6 Å². The lowest BCUT2D eigenvalue weighted by molar-refractivity contribution is -0.274. The SMILES string of the molecule is COC1CCN(CCn2cccc(Nc3nn(-c4ccc(OC(F)(F)F)cc4)c(=O)c4c3CCC4)c2=O)C1. The van der Waals surface area contributed by atoms with Gasteiger partial charge in [-0.05, 0) is 62.1 Å². The van der Waals surface area contributed by atoms with Gasteiger partial charge in [0.2, 0.25) is 0 Å². The monoisotopic (exact) mass is 531 g/mol. The lowest BCUT2D eigenvalue weighted by Crippen LogP contribution is -2.31. The lowest BCUT2D eigenvalue weighted by atomic mass is 10.2. The third-order valence-electron chi connectivity index (χ3n) is 6.96. The van der Waals surface area contributed by atoms with E-state index in [0.29, 0.717) is 36.5 Å². The summed E-state index contributed by atoms with van der Waals surface area (Å²) >= 11 is 0. The summed E-state index contributed by atoms with van der Waals surface area (Å²) in [6, 6.07) is 8.37. The summed E-state index contributed by atoms with van der Waals surface area (Å²) in [7, 11) is 1.71. The van der Waals surface area contributed by atoms with E-state index in [1.165, 1.54) is 12.1 Å². The predicted molar refractivity (Wildman–Crippen MR) is 134 cm³/mol. The van der Waals surface area contributed by atoms with Gasteiger partial charge in [0.15, 0.2) is 5.82 Å². The molecule has 38 heavy (non-hydrogen) atoms. The zero-order chi connectivity index (χ0) is 26.9. The van der Waals surface area contributed by atoms with Crippen LogP contribution in [0.4, 0.5) is 24.7 Å². The number of fused-ring (bicyclic) bond motifs is 1. The van der Waals surface area contributed by atoms with E-state index in [9.17, 15) is 22.8 Å². The highest BCUT2D eigenvalue weighted by atomic mass is 19.4. The summed E-state index contributed by atoms with van der Waals surface area (Å²) in [5.74, 6) is -0.0182. The van der Waals surface area contributed by atoms with Crippen LogP contribution in [0.25, 0.3) is 5.69 Å². The van der Waals surface area contributed by atoms with Crippen molar-refractivity contribution in [2.45, 2.75) is 44.7 Å². The molecule has 5 rings (SSSR count). The number of alkyl halides is 3. The predicted octanol–water partition coefficient (Wildman–Crippen LogP) is 3.25. The fraction of sp³-hybridized carbons (Fsp3) is 0.423. The van der Waals surface area contributed by atoms with Crippen molar-refractivity contribution in [3.05, 3.63) is 74.4 Å². The average molecular weight is 532 g/mol. The Labute approximate surface area is 216 Å². The minimum Gasteiger partial charge on any atom is -0.406 e. The first-order chi connectivity index (χ1) is 18.2. The molecule has 1 fully saturated rings. The number of nitrogens with zero attached hydrogens (tertiary/aromatic N) is 4. The van der Waals surface area contributed by atoms with E-state index in [1.807, 2.05) is 0 Å². The molecule has 0 spiro atoms. The molecule has 12 heteroatoms. The maximum atomic E-state index is 13.2. The number of methoxy groups -OCH3 is 1. The first-order valence-electron chi connectivity index (χ1n) is 12.4. The van der Waals surface area contributed by atoms with Crippen molar-refractivity contribution in [3.63, 3.8) is 0 Å². The van der Waals surface area contributed by atoms with E-state index in [-0.39, 0.29) is 22.9 Å². The molecule has 1 aromatic carbocycles. The van der Waals surface area contributed by atoms with E-state index in [1.54, 1.807) is 30.0 Å². The first-order valence-corrected chi connectivity index (χ1v) is 12.4. The van der Waals surface area contributed by atoms with Gasteiger partial charge in [-0.2, -0.15) is 4.68 Å². The number of likely N-dealkylation sites (tertiary alicyclic amines) is 1. The largest absolute Gasteiger partial charge is 0.573 e. The molecule has 9 nitrogen and oxygen atoms in total. The van der Waals surface area contributed by atoms with Gasteiger partial charge in [-0.15, -0.1) is 18.3 Å². The van der Waals surface area contributed by atoms with E-state index >= 15 is 0 Å². The molecular formula is C26H28F3N5O4. The second kappa shape index (κ2) is 10.6. The molecule has 2 aliphatic rings. The Morgan fingerprint density at radius 1 is 1.05 bits per heavy atom. The van der Waals surface area contributed by atoms with Gasteiger partial charge in [-0.3, -0.25) is 14.5 Å². The van der Waals surface area contributed by atoms with Crippen LogP contribution in [0, 0.1) is 0 Å². The number of hydrogen-bond acceptors (Lipinski definition) is 7. The number of nitrogens with one attached hydrogen (secondary N) is 1. The Morgan fingerprint density at radius 2 is 1.82 bits per heavy atom. The standard InChI is InChI=1S/C26H28F3N5O4/c1-37-19-11-13-32(16-19)14-15-33-12-3-6-22(25(33)36)30-23-20-4-2-5-21(20)24(35)34(31-23)17-7-9-18(10-8-17)38-26(27,28)29/h3,6-10,12,19H,2,4-5,11,13-16H2,1H3,(H,30,31). The van der Waals surface area contributed by atoms with Gasteiger partial charge in [0, 0.05) is 50.6 Å². The van der Waals surface area contributed by atoms with E-state index in [2.05, 4.69) is 20.1 Å². The van der Waals surface area contributed by atoms with Crippen LogP contribution in [-0.4, -0.2) is 58.5 Å². The van der Waals surface area contributed by atoms with Crippen LogP contribution in [0.5, 0.6) is 5.75 Å². The Balaban J connectivity index is 1.40. The van der Waals surface area contributed by atoms with Crippen molar-refractivity contribution < 1.29 is 22.6 Å². The van der Waals surface area contributed by atoms with Gasteiger partial charge in [0.1, 0.15) is 11.4 Å². The highest BCUT2D eigenvalue weighted by molar-refractivity contribution is 5.61. The second-order valence-electron chi connectivity index (χ2n) is 9.41. The van der Waals surface area contributed by atoms with Crippen LogP contribution >= 0.6 is 0 Å². The number of rotatable bonds is 8. The summed E-state index contributed by atoms with van der Waals surface area (Å²) in [5, 5.41) is 7.60. The summed E-state index contributed by atoms with van der Waals surface area (Å²) in [4.78, 5) is 28.6. The molecule has 3 heterocycles. The quantitative estimate of drug-likeness (QED) is 0.477.